The minimum Gasteiger partial charge on any atom is -0.335 e. The lowest BCUT2D eigenvalue weighted by atomic mass is 10.0. The van der Waals surface area contributed by atoms with Gasteiger partial charge < -0.3 is 4.90 Å². The van der Waals surface area contributed by atoms with Crippen molar-refractivity contribution in [1.29, 1.82) is 0 Å². The van der Waals surface area contributed by atoms with Crippen LogP contribution >= 0.6 is 0 Å². The Kier molecular flexibility index (Phi) is 6.49. The highest BCUT2D eigenvalue weighted by Gasteiger charge is 2.31. The Balaban J connectivity index is 1.40. The first-order chi connectivity index (χ1) is 16.2. The zero-order valence-corrected chi connectivity index (χ0v) is 19.7. The maximum absolute atomic E-state index is 13.0. The summed E-state index contributed by atoms with van der Waals surface area (Å²) < 4.78 is 28.9. The van der Waals surface area contributed by atoms with Crippen LogP contribution in [0.5, 0.6) is 0 Å². The van der Waals surface area contributed by atoms with Gasteiger partial charge in [0.05, 0.1) is 15.5 Å². The van der Waals surface area contributed by atoms with Crippen molar-refractivity contribution in [3.8, 4) is 5.69 Å². The molecule has 0 aliphatic carbocycles. The van der Waals surface area contributed by atoms with Crippen LogP contribution in [0.25, 0.3) is 5.69 Å². The first-order valence-corrected chi connectivity index (χ1v) is 12.3. The van der Waals surface area contributed by atoms with Gasteiger partial charge in [0.25, 0.3) is 11.6 Å². The Labute approximate surface area is 197 Å². The third-order valence-corrected chi connectivity index (χ3v) is 7.76. The number of hydrogen-bond donors (Lipinski definition) is 0. The molecule has 1 saturated heterocycles. The zero-order chi connectivity index (χ0) is 24.5. The fourth-order valence-electron chi connectivity index (χ4n) is 3.78. The number of rotatable bonds is 6. The van der Waals surface area contributed by atoms with Gasteiger partial charge in [0.2, 0.25) is 10.0 Å². The Morgan fingerprint density at radius 3 is 2.15 bits per heavy atom. The van der Waals surface area contributed by atoms with Crippen molar-refractivity contribution in [3.05, 3.63) is 82.2 Å². The Morgan fingerprint density at radius 1 is 0.971 bits per heavy atom. The first-order valence-electron chi connectivity index (χ1n) is 10.9. The maximum Gasteiger partial charge on any atom is 0.274 e. The van der Waals surface area contributed by atoms with E-state index in [2.05, 4.69) is 18.9 Å². The van der Waals surface area contributed by atoms with Crippen LogP contribution in [0.2, 0.25) is 0 Å². The van der Waals surface area contributed by atoms with E-state index < -0.39 is 14.9 Å². The smallest absolute Gasteiger partial charge is 0.274 e. The van der Waals surface area contributed by atoms with Gasteiger partial charge in [-0.1, -0.05) is 26.0 Å². The molecule has 0 spiro atoms. The number of nitro groups is 1. The molecule has 1 aromatic heterocycles. The second-order valence-corrected chi connectivity index (χ2v) is 10.3. The van der Waals surface area contributed by atoms with Crippen molar-refractivity contribution >= 4 is 21.6 Å². The van der Waals surface area contributed by atoms with E-state index in [-0.39, 0.29) is 48.4 Å². The van der Waals surface area contributed by atoms with Crippen LogP contribution in [0.4, 0.5) is 5.69 Å². The van der Waals surface area contributed by atoms with Crippen LogP contribution in [-0.4, -0.2) is 64.4 Å². The third kappa shape index (κ3) is 4.70. The number of piperazine rings is 1. The molecule has 0 atom stereocenters. The van der Waals surface area contributed by atoms with Gasteiger partial charge >= 0.3 is 0 Å². The van der Waals surface area contributed by atoms with Gasteiger partial charge in [-0.05, 0) is 41.8 Å². The molecule has 0 N–H and O–H groups in total. The lowest BCUT2D eigenvalue weighted by molar-refractivity contribution is -0.384. The molecule has 34 heavy (non-hydrogen) atoms. The number of benzene rings is 2. The van der Waals surface area contributed by atoms with Crippen molar-refractivity contribution in [1.82, 2.24) is 19.0 Å². The van der Waals surface area contributed by atoms with Crippen LogP contribution < -0.4 is 0 Å². The van der Waals surface area contributed by atoms with Crippen molar-refractivity contribution in [3.63, 3.8) is 0 Å². The monoisotopic (exact) mass is 483 g/mol. The van der Waals surface area contributed by atoms with Gasteiger partial charge in [-0.25, -0.2) is 13.1 Å². The molecule has 2 heterocycles. The molecular weight excluding hydrogens is 458 g/mol. The molecule has 2 aromatic carbocycles. The summed E-state index contributed by atoms with van der Waals surface area (Å²) in [5, 5.41) is 15.1. The summed E-state index contributed by atoms with van der Waals surface area (Å²) in [6.45, 7) is 5.01. The quantitative estimate of drug-likeness (QED) is 0.393. The Bertz CT molecular complexity index is 1290. The second kappa shape index (κ2) is 9.35. The highest BCUT2D eigenvalue weighted by molar-refractivity contribution is 7.89. The molecular formula is C23H25N5O5S. The van der Waals surface area contributed by atoms with Gasteiger partial charge in [0.1, 0.15) is 0 Å². The molecule has 178 valence electrons. The number of non-ortho nitro benzene ring substituents is 1. The van der Waals surface area contributed by atoms with E-state index in [9.17, 15) is 23.3 Å². The number of carbonyl (C=O) groups is 1. The van der Waals surface area contributed by atoms with Crippen LogP contribution in [-0.2, 0) is 10.0 Å². The standard InChI is InChI=1S/C23H25N5O5S/c1-17(2)18-3-9-21(10-4-18)34(32,33)26-15-13-25(14-16-26)23(29)22-11-12-27(24-22)19-5-7-20(8-6-19)28(30)31/h3-12,17H,13-16H2,1-2H3. The second-order valence-electron chi connectivity index (χ2n) is 8.34. The van der Waals surface area contributed by atoms with E-state index in [0.717, 1.165) is 5.56 Å². The van der Waals surface area contributed by atoms with E-state index in [1.165, 1.54) is 21.1 Å². The number of nitro benzene ring substituents is 1. The van der Waals surface area contributed by atoms with E-state index in [1.807, 2.05) is 12.1 Å². The summed E-state index contributed by atoms with van der Waals surface area (Å²) in [5.41, 5.74) is 1.85. The summed E-state index contributed by atoms with van der Waals surface area (Å²) in [4.78, 5) is 25.1. The number of amides is 1. The number of sulfonamides is 1. The van der Waals surface area contributed by atoms with Gasteiger partial charge in [0, 0.05) is 44.5 Å². The number of carbonyl (C=O) groups excluding carboxylic acids is 1. The fourth-order valence-corrected chi connectivity index (χ4v) is 5.20. The van der Waals surface area contributed by atoms with E-state index in [1.54, 1.807) is 41.4 Å². The van der Waals surface area contributed by atoms with Crippen molar-refractivity contribution < 1.29 is 18.1 Å². The van der Waals surface area contributed by atoms with Gasteiger partial charge in [-0.2, -0.15) is 9.40 Å². The van der Waals surface area contributed by atoms with Crippen LogP contribution in [0, 0.1) is 10.1 Å². The molecule has 4 rings (SSSR count). The lowest BCUT2D eigenvalue weighted by Crippen LogP contribution is -2.50. The van der Waals surface area contributed by atoms with E-state index >= 15 is 0 Å². The highest BCUT2D eigenvalue weighted by atomic mass is 32.2. The predicted octanol–water partition coefficient (Wildman–Crippen LogP) is 3.05. The highest BCUT2D eigenvalue weighted by Crippen LogP contribution is 2.22. The van der Waals surface area contributed by atoms with Crippen molar-refractivity contribution in [2.75, 3.05) is 26.2 Å². The molecule has 0 unspecified atom stereocenters. The molecule has 11 heteroatoms. The number of aromatic nitrogens is 2. The molecule has 0 saturated carbocycles. The Morgan fingerprint density at radius 2 is 1.59 bits per heavy atom. The molecule has 1 fully saturated rings. The number of nitrogens with zero attached hydrogens (tertiary/aromatic N) is 5. The summed E-state index contributed by atoms with van der Waals surface area (Å²) in [5.74, 6) is 0.0224. The van der Waals surface area contributed by atoms with Crippen LogP contribution in [0.3, 0.4) is 0 Å². The normalized spacial score (nSPS) is 15.0. The van der Waals surface area contributed by atoms with E-state index in [0.29, 0.717) is 11.6 Å². The SMILES string of the molecule is CC(C)c1ccc(S(=O)(=O)N2CCN(C(=O)c3ccn(-c4ccc([N+](=O)[O-])cc4)n3)CC2)cc1. The zero-order valence-electron chi connectivity index (χ0n) is 18.9. The fraction of sp³-hybridized carbons (Fsp3) is 0.304. The van der Waals surface area contributed by atoms with Crippen LogP contribution in [0.15, 0.2) is 65.7 Å². The van der Waals surface area contributed by atoms with Gasteiger partial charge in [-0.3, -0.25) is 14.9 Å². The first kappa shape index (κ1) is 23.6. The molecule has 1 aliphatic heterocycles. The summed E-state index contributed by atoms with van der Waals surface area (Å²) in [6, 6.07) is 14.3. The summed E-state index contributed by atoms with van der Waals surface area (Å²) in [7, 11) is -3.63. The minimum atomic E-state index is -3.63. The Hall–Kier alpha value is -3.57. The van der Waals surface area contributed by atoms with Gasteiger partial charge in [0.15, 0.2) is 5.69 Å². The number of hydrogen-bond acceptors (Lipinski definition) is 6. The molecule has 10 nitrogen and oxygen atoms in total. The molecule has 1 amide bonds. The predicted molar refractivity (Wildman–Crippen MR) is 125 cm³/mol. The third-order valence-electron chi connectivity index (χ3n) is 5.84. The largest absolute Gasteiger partial charge is 0.335 e. The van der Waals surface area contributed by atoms with E-state index in [4.69, 9.17) is 0 Å². The molecule has 1 aliphatic rings. The summed E-state index contributed by atoms with van der Waals surface area (Å²) in [6.07, 6.45) is 1.61. The maximum atomic E-state index is 13.0. The average Bonchev–Trinajstić information content (AvgIpc) is 3.34. The minimum absolute atomic E-state index is 0.0316. The molecule has 0 bridgehead atoms. The topological polar surface area (TPSA) is 119 Å². The summed E-state index contributed by atoms with van der Waals surface area (Å²) >= 11 is 0. The van der Waals surface area contributed by atoms with Crippen LogP contribution in [0.1, 0.15) is 35.8 Å². The van der Waals surface area contributed by atoms with Crippen molar-refractivity contribution in [2.45, 2.75) is 24.7 Å². The molecule has 0 radical (unpaired) electrons. The molecule has 3 aromatic rings. The van der Waals surface area contributed by atoms with Gasteiger partial charge in [-0.15, -0.1) is 0 Å². The van der Waals surface area contributed by atoms with Crippen molar-refractivity contribution in [2.24, 2.45) is 0 Å². The lowest BCUT2D eigenvalue weighted by Gasteiger charge is -2.33. The average molecular weight is 484 g/mol.